The van der Waals surface area contributed by atoms with Crippen LogP contribution in [0.25, 0.3) is 11.4 Å². The van der Waals surface area contributed by atoms with Gasteiger partial charge in [0.1, 0.15) is 5.75 Å². The quantitative estimate of drug-likeness (QED) is 0.111. The molecule has 1 aromatic carbocycles. The molecule has 0 aliphatic carbocycles. The summed E-state index contributed by atoms with van der Waals surface area (Å²) in [6.45, 7) is 4.41. The fourth-order valence-electron chi connectivity index (χ4n) is 4.01. The Balaban J connectivity index is 1.66. The number of rotatable bonds is 19. The molecular weight excluding hydrogens is 452 g/mol. The van der Waals surface area contributed by atoms with Gasteiger partial charge in [-0.3, -0.25) is 9.59 Å². The van der Waals surface area contributed by atoms with Crippen molar-refractivity contribution in [1.29, 1.82) is 0 Å². The lowest BCUT2D eigenvalue weighted by atomic mass is 10.1. The van der Waals surface area contributed by atoms with E-state index in [-0.39, 0.29) is 11.9 Å². The number of hydrogen-bond donors (Lipinski definition) is 0. The molecule has 0 saturated carbocycles. The van der Waals surface area contributed by atoms with Crippen LogP contribution in [0.1, 0.15) is 117 Å². The standard InChI is InChI=1S/C30H44N2O4/c1-3-5-7-9-10-11-12-14-16-18-29(34)36-27-23-31-30(32-24-27)25-19-21-26(22-20-25)35-28(33)17-15-13-8-6-4-2/h19-24H,3-18H2,1-2H3. The van der Waals surface area contributed by atoms with Gasteiger partial charge in [-0.2, -0.15) is 0 Å². The first kappa shape index (κ1) is 29.5. The molecular formula is C30H44N2O4. The molecule has 0 amide bonds. The maximum absolute atomic E-state index is 12.1. The van der Waals surface area contributed by atoms with Gasteiger partial charge in [0.15, 0.2) is 11.6 Å². The number of hydrogen-bond acceptors (Lipinski definition) is 6. The summed E-state index contributed by atoms with van der Waals surface area (Å²) in [6, 6.07) is 7.11. The van der Waals surface area contributed by atoms with Crippen LogP contribution in [0.5, 0.6) is 11.5 Å². The highest BCUT2D eigenvalue weighted by Crippen LogP contribution is 2.21. The van der Waals surface area contributed by atoms with Crippen molar-refractivity contribution in [3.8, 4) is 22.9 Å². The predicted molar refractivity (Wildman–Crippen MR) is 144 cm³/mol. The van der Waals surface area contributed by atoms with Crippen LogP contribution in [0.4, 0.5) is 0 Å². The second kappa shape index (κ2) is 18.5. The van der Waals surface area contributed by atoms with Gasteiger partial charge in [-0.05, 0) is 37.1 Å². The van der Waals surface area contributed by atoms with Crippen molar-refractivity contribution in [1.82, 2.24) is 9.97 Å². The van der Waals surface area contributed by atoms with Crippen molar-refractivity contribution in [2.75, 3.05) is 0 Å². The molecule has 1 aromatic heterocycles. The van der Waals surface area contributed by atoms with Crippen LogP contribution in [0.2, 0.25) is 0 Å². The van der Waals surface area contributed by atoms with E-state index in [1.807, 2.05) is 12.1 Å². The minimum Gasteiger partial charge on any atom is -0.427 e. The molecule has 6 heteroatoms. The summed E-state index contributed by atoms with van der Waals surface area (Å²) in [5.41, 5.74) is 0.793. The van der Waals surface area contributed by atoms with Gasteiger partial charge >= 0.3 is 11.9 Å². The molecule has 0 bridgehead atoms. The number of aromatic nitrogens is 2. The second-order valence-electron chi connectivity index (χ2n) is 9.46. The monoisotopic (exact) mass is 496 g/mol. The zero-order chi connectivity index (χ0) is 25.8. The molecule has 2 aromatic rings. The number of ether oxygens (including phenoxy) is 2. The van der Waals surface area contributed by atoms with Crippen LogP contribution in [0.15, 0.2) is 36.7 Å². The molecule has 36 heavy (non-hydrogen) atoms. The summed E-state index contributed by atoms with van der Waals surface area (Å²) < 4.78 is 10.8. The molecule has 6 nitrogen and oxygen atoms in total. The number of esters is 2. The third-order valence-corrected chi connectivity index (χ3v) is 6.17. The van der Waals surface area contributed by atoms with Gasteiger partial charge in [-0.15, -0.1) is 0 Å². The molecule has 0 atom stereocenters. The molecule has 0 spiro atoms. The van der Waals surface area contributed by atoms with E-state index in [9.17, 15) is 9.59 Å². The minimum absolute atomic E-state index is 0.205. The van der Waals surface area contributed by atoms with E-state index >= 15 is 0 Å². The van der Waals surface area contributed by atoms with E-state index in [1.165, 1.54) is 70.2 Å². The average Bonchev–Trinajstić information content (AvgIpc) is 2.88. The number of benzene rings is 1. The van der Waals surface area contributed by atoms with Crippen LogP contribution in [0, 0.1) is 0 Å². The van der Waals surface area contributed by atoms with E-state index in [0.717, 1.165) is 37.7 Å². The van der Waals surface area contributed by atoms with Crippen LogP contribution >= 0.6 is 0 Å². The summed E-state index contributed by atoms with van der Waals surface area (Å²) in [5.74, 6) is 0.931. The van der Waals surface area contributed by atoms with Crippen molar-refractivity contribution >= 4 is 11.9 Å². The smallest absolute Gasteiger partial charge is 0.311 e. The van der Waals surface area contributed by atoms with E-state index in [1.54, 1.807) is 12.1 Å². The molecule has 198 valence electrons. The Bertz CT molecular complexity index is 866. The molecule has 0 aliphatic heterocycles. The molecule has 0 N–H and O–H groups in total. The highest BCUT2D eigenvalue weighted by atomic mass is 16.5. The summed E-state index contributed by atoms with van der Waals surface area (Å²) in [4.78, 5) is 32.7. The van der Waals surface area contributed by atoms with Gasteiger partial charge in [0, 0.05) is 18.4 Å². The van der Waals surface area contributed by atoms with Crippen LogP contribution < -0.4 is 9.47 Å². The number of carbonyl (C=O) groups excluding carboxylic acids is 2. The number of carbonyl (C=O) groups is 2. The number of nitrogens with zero attached hydrogens (tertiary/aromatic N) is 2. The summed E-state index contributed by atoms with van der Waals surface area (Å²) >= 11 is 0. The van der Waals surface area contributed by atoms with Crippen molar-refractivity contribution in [2.24, 2.45) is 0 Å². The topological polar surface area (TPSA) is 78.4 Å². The fraction of sp³-hybridized carbons (Fsp3) is 0.600. The first-order valence-corrected chi connectivity index (χ1v) is 14.0. The Labute approximate surface area is 217 Å². The highest BCUT2D eigenvalue weighted by Gasteiger charge is 2.09. The van der Waals surface area contributed by atoms with Crippen LogP contribution in [-0.4, -0.2) is 21.9 Å². The molecule has 0 saturated heterocycles. The third kappa shape index (κ3) is 12.8. The lowest BCUT2D eigenvalue weighted by Gasteiger charge is -2.07. The molecule has 0 radical (unpaired) electrons. The summed E-state index contributed by atoms with van der Waals surface area (Å²) in [7, 11) is 0. The largest absolute Gasteiger partial charge is 0.427 e. The Hall–Kier alpha value is -2.76. The maximum Gasteiger partial charge on any atom is 0.311 e. The van der Waals surface area contributed by atoms with Gasteiger partial charge in [0.2, 0.25) is 0 Å². The van der Waals surface area contributed by atoms with Crippen molar-refractivity contribution in [3.63, 3.8) is 0 Å². The van der Waals surface area contributed by atoms with Crippen LogP contribution in [-0.2, 0) is 9.59 Å². The Morgan fingerprint density at radius 3 is 1.47 bits per heavy atom. The third-order valence-electron chi connectivity index (χ3n) is 6.17. The Kier molecular flexibility index (Phi) is 15.1. The van der Waals surface area contributed by atoms with E-state index < -0.39 is 0 Å². The number of unbranched alkanes of at least 4 members (excludes halogenated alkanes) is 12. The molecule has 0 fully saturated rings. The first-order chi connectivity index (χ1) is 17.6. The maximum atomic E-state index is 12.1. The molecule has 0 aliphatic rings. The Morgan fingerprint density at radius 2 is 1.00 bits per heavy atom. The molecule has 1 heterocycles. The lowest BCUT2D eigenvalue weighted by molar-refractivity contribution is -0.135. The van der Waals surface area contributed by atoms with Crippen molar-refractivity contribution in [3.05, 3.63) is 36.7 Å². The van der Waals surface area contributed by atoms with E-state index in [0.29, 0.717) is 30.2 Å². The molecule has 2 rings (SSSR count). The minimum atomic E-state index is -0.245. The van der Waals surface area contributed by atoms with Gasteiger partial charge in [-0.1, -0.05) is 90.9 Å². The zero-order valence-electron chi connectivity index (χ0n) is 22.3. The fourth-order valence-corrected chi connectivity index (χ4v) is 4.01. The van der Waals surface area contributed by atoms with Gasteiger partial charge in [0.25, 0.3) is 0 Å². The highest BCUT2D eigenvalue weighted by molar-refractivity contribution is 5.73. The average molecular weight is 497 g/mol. The van der Waals surface area contributed by atoms with Crippen LogP contribution in [0.3, 0.4) is 0 Å². The zero-order valence-corrected chi connectivity index (χ0v) is 22.3. The first-order valence-electron chi connectivity index (χ1n) is 14.0. The Morgan fingerprint density at radius 1 is 0.583 bits per heavy atom. The van der Waals surface area contributed by atoms with E-state index in [4.69, 9.17) is 9.47 Å². The predicted octanol–water partition coefficient (Wildman–Crippen LogP) is 8.24. The van der Waals surface area contributed by atoms with Gasteiger partial charge in [0.05, 0.1) is 12.4 Å². The summed E-state index contributed by atoms with van der Waals surface area (Å²) in [6.07, 6.45) is 20.3. The second-order valence-corrected chi connectivity index (χ2v) is 9.46. The lowest BCUT2D eigenvalue weighted by Crippen LogP contribution is -2.08. The van der Waals surface area contributed by atoms with E-state index in [2.05, 4.69) is 23.8 Å². The SMILES string of the molecule is CCCCCCCCCCCC(=O)Oc1cnc(-c2ccc(OC(=O)CCCCCCC)cc2)nc1. The van der Waals surface area contributed by atoms with Crippen molar-refractivity contribution in [2.45, 2.75) is 117 Å². The van der Waals surface area contributed by atoms with Crippen molar-refractivity contribution < 1.29 is 19.1 Å². The van der Waals surface area contributed by atoms with Gasteiger partial charge in [-0.25, -0.2) is 9.97 Å². The normalized spacial score (nSPS) is 10.8. The molecule has 0 unspecified atom stereocenters. The summed E-state index contributed by atoms with van der Waals surface area (Å²) in [5, 5.41) is 0. The van der Waals surface area contributed by atoms with Gasteiger partial charge < -0.3 is 9.47 Å².